The maximum absolute atomic E-state index is 12.5. The predicted octanol–water partition coefficient (Wildman–Crippen LogP) is 3.03. The Morgan fingerprint density at radius 3 is 2.00 bits per heavy atom. The van der Waals surface area contributed by atoms with Crippen molar-refractivity contribution in [3.8, 4) is 0 Å². The Balaban J connectivity index is 2.31. The van der Waals surface area contributed by atoms with Gasteiger partial charge < -0.3 is 9.84 Å². The maximum atomic E-state index is 12.5. The van der Waals surface area contributed by atoms with Crippen molar-refractivity contribution in [3.63, 3.8) is 0 Å². The molecule has 2 fully saturated rings. The fourth-order valence-corrected chi connectivity index (χ4v) is 2.67. The van der Waals surface area contributed by atoms with Crippen molar-refractivity contribution in [3.05, 3.63) is 0 Å². The van der Waals surface area contributed by atoms with E-state index in [0.717, 1.165) is 25.7 Å². The normalized spacial score (nSPS) is 23.6. The molecule has 0 spiro atoms. The van der Waals surface area contributed by atoms with E-state index in [1.165, 1.54) is 4.90 Å². The molecule has 2 aliphatic rings. The molecule has 0 heterocycles. The number of ether oxygens (including phenoxy) is 1. The summed E-state index contributed by atoms with van der Waals surface area (Å²) in [6.07, 6.45) is 2.89. The predicted molar refractivity (Wildman–Crippen MR) is 74.5 cm³/mol. The van der Waals surface area contributed by atoms with Crippen molar-refractivity contribution in [1.29, 1.82) is 0 Å². The summed E-state index contributed by atoms with van der Waals surface area (Å²) in [6, 6.07) is 0.00312. The van der Waals surface area contributed by atoms with Crippen LogP contribution in [0.4, 0.5) is 4.79 Å². The number of carbonyl (C=O) groups is 2. The van der Waals surface area contributed by atoms with Gasteiger partial charge in [-0.25, -0.2) is 9.59 Å². The van der Waals surface area contributed by atoms with Crippen LogP contribution in [-0.2, 0) is 9.53 Å². The number of carboxylic acid groups (broad SMARTS) is 1. The van der Waals surface area contributed by atoms with E-state index in [4.69, 9.17) is 4.74 Å². The molecule has 5 heteroatoms. The van der Waals surface area contributed by atoms with Crippen LogP contribution in [0.2, 0.25) is 0 Å². The molecule has 1 atom stereocenters. The molecule has 2 rings (SSSR count). The van der Waals surface area contributed by atoms with Gasteiger partial charge in [0.2, 0.25) is 0 Å². The van der Waals surface area contributed by atoms with Crippen molar-refractivity contribution in [2.75, 3.05) is 0 Å². The highest BCUT2D eigenvalue weighted by Crippen LogP contribution is 2.58. The minimum atomic E-state index is -1.18. The summed E-state index contributed by atoms with van der Waals surface area (Å²) >= 11 is 0. The third kappa shape index (κ3) is 2.50. The molecule has 1 N–H and O–H groups in total. The number of amides is 1. The number of hydrogen-bond acceptors (Lipinski definition) is 3. The molecule has 0 aromatic rings. The second kappa shape index (κ2) is 4.37. The Kier molecular flexibility index (Phi) is 3.30. The van der Waals surface area contributed by atoms with Gasteiger partial charge in [0, 0.05) is 11.5 Å². The van der Waals surface area contributed by atoms with Gasteiger partial charge in [0.25, 0.3) is 0 Å². The molecular formula is C15H25NO4. The second-order valence-electron chi connectivity index (χ2n) is 7.52. The van der Waals surface area contributed by atoms with Crippen LogP contribution in [0.15, 0.2) is 0 Å². The van der Waals surface area contributed by atoms with Gasteiger partial charge in [-0.2, -0.15) is 0 Å². The second-order valence-corrected chi connectivity index (χ2v) is 7.52. The minimum absolute atomic E-state index is 0.00312. The Bertz CT molecular complexity index is 432. The summed E-state index contributed by atoms with van der Waals surface area (Å²) in [5.41, 5.74) is -2.15. The zero-order valence-electron chi connectivity index (χ0n) is 13.0. The number of carbonyl (C=O) groups excluding carboxylic acids is 1. The maximum Gasteiger partial charge on any atom is 0.411 e. The zero-order chi connectivity index (χ0) is 15.3. The third-order valence-corrected chi connectivity index (χ3v) is 4.58. The fourth-order valence-electron chi connectivity index (χ4n) is 2.67. The molecule has 1 amide bonds. The first-order chi connectivity index (χ1) is 9.01. The van der Waals surface area contributed by atoms with Gasteiger partial charge in [0.15, 0.2) is 0 Å². The quantitative estimate of drug-likeness (QED) is 0.861. The summed E-state index contributed by atoms with van der Waals surface area (Å²) in [5, 5.41) is 9.75. The molecule has 20 heavy (non-hydrogen) atoms. The third-order valence-electron chi connectivity index (χ3n) is 4.58. The van der Waals surface area contributed by atoms with E-state index in [1.807, 2.05) is 6.92 Å². The largest absolute Gasteiger partial charge is 0.479 e. The van der Waals surface area contributed by atoms with E-state index < -0.39 is 23.2 Å². The van der Waals surface area contributed by atoms with E-state index in [-0.39, 0.29) is 11.5 Å². The molecular weight excluding hydrogens is 258 g/mol. The van der Waals surface area contributed by atoms with Gasteiger partial charge in [-0.05, 0) is 53.4 Å². The molecule has 0 aromatic heterocycles. The number of carboxylic acids is 1. The highest BCUT2D eigenvalue weighted by Gasteiger charge is 2.64. The van der Waals surface area contributed by atoms with Gasteiger partial charge in [-0.3, -0.25) is 4.90 Å². The number of hydrogen-bond donors (Lipinski definition) is 1. The van der Waals surface area contributed by atoms with Gasteiger partial charge >= 0.3 is 12.1 Å². The highest BCUT2D eigenvalue weighted by molar-refractivity contribution is 5.86. The van der Waals surface area contributed by atoms with Crippen molar-refractivity contribution in [2.45, 2.75) is 77.5 Å². The van der Waals surface area contributed by atoms with E-state index in [0.29, 0.717) is 0 Å². The van der Waals surface area contributed by atoms with E-state index in [9.17, 15) is 14.7 Å². The van der Waals surface area contributed by atoms with Crippen molar-refractivity contribution < 1.29 is 19.4 Å². The lowest BCUT2D eigenvalue weighted by Crippen LogP contribution is -2.61. The first kappa shape index (κ1) is 15.1. The highest BCUT2D eigenvalue weighted by atomic mass is 16.6. The molecule has 0 aromatic carbocycles. The van der Waals surface area contributed by atoms with Crippen LogP contribution >= 0.6 is 0 Å². The Morgan fingerprint density at radius 2 is 1.70 bits per heavy atom. The summed E-state index contributed by atoms with van der Waals surface area (Å²) in [5.74, 6) is -0.935. The topological polar surface area (TPSA) is 66.8 Å². The SMILES string of the molecule is CC(C)(C)OC(=O)N(C1CC1)C(C)(C(=O)O)C1(C)CC1. The van der Waals surface area contributed by atoms with Crippen molar-refractivity contribution in [1.82, 2.24) is 4.90 Å². The van der Waals surface area contributed by atoms with Gasteiger partial charge in [0.05, 0.1) is 0 Å². The fraction of sp³-hybridized carbons (Fsp3) is 0.867. The minimum Gasteiger partial charge on any atom is -0.479 e. The van der Waals surface area contributed by atoms with Crippen LogP contribution in [0.5, 0.6) is 0 Å². The van der Waals surface area contributed by atoms with Gasteiger partial charge in [-0.1, -0.05) is 6.92 Å². The Morgan fingerprint density at radius 1 is 1.20 bits per heavy atom. The first-order valence-corrected chi connectivity index (χ1v) is 7.27. The summed E-state index contributed by atoms with van der Waals surface area (Å²) in [6.45, 7) is 9.01. The molecule has 114 valence electrons. The zero-order valence-corrected chi connectivity index (χ0v) is 13.0. The van der Waals surface area contributed by atoms with E-state index >= 15 is 0 Å². The number of aliphatic carboxylic acids is 1. The summed E-state index contributed by atoms with van der Waals surface area (Å²) in [7, 11) is 0. The van der Waals surface area contributed by atoms with Crippen LogP contribution in [0.1, 0.15) is 60.3 Å². The molecule has 0 radical (unpaired) electrons. The Labute approximate surface area is 120 Å². The van der Waals surface area contributed by atoms with Crippen LogP contribution in [0.25, 0.3) is 0 Å². The molecule has 5 nitrogen and oxygen atoms in total. The lowest BCUT2D eigenvalue weighted by Gasteiger charge is -2.43. The molecule has 1 unspecified atom stereocenters. The molecule has 2 aliphatic carbocycles. The average molecular weight is 283 g/mol. The number of rotatable bonds is 4. The monoisotopic (exact) mass is 283 g/mol. The van der Waals surface area contributed by atoms with Crippen LogP contribution in [0.3, 0.4) is 0 Å². The van der Waals surface area contributed by atoms with E-state index in [1.54, 1.807) is 27.7 Å². The first-order valence-electron chi connectivity index (χ1n) is 7.27. The van der Waals surface area contributed by atoms with Crippen LogP contribution in [-0.4, -0.2) is 39.3 Å². The standard InChI is InChI=1S/C15H25NO4/c1-13(2,3)20-12(19)16(10-6-7-10)15(5,11(17)18)14(4)8-9-14/h10H,6-9H2,1-5H3,(H,17,18). The summed E-state index contributed by atoms with van der Waals surface area (Å²) in [4.78, 5) is 25.9. The lowest BCUT2D eigenvalue weighted by molar-refractivity contribution is -0.155. The lowest BCUT2D eigenvalue weighted by atomic mass is 9.82. The summed E-state index contributed by atoms with van der Waals surface area (Å²) < 4.78 is 5.44. The van der Waals surface area contributed by atoms with Crippen LogP contribution < -0.4 is 0 Å². The average Bonchev–Trinajstić information content (AvgIpc) is 3.12. The van der Waals surface area contributed by atoms with Crippen LogP contribution in [0, 0.1) is 5.41 Å². The molecule has 0 aliphatic heterocycles. The smallest absolute Gasteiger partial charge is 0.411 e. The van der Waals surface area contributed by atoms with Gasteiger partial charge in [-0.15, -0.1) is 0 Å². The van der Waals surface area contributed by atoms with Gasteiger partial charge in [0.1, 0.15) is 11.1 Å². The Hall–Kier alpha value is -1.26. The number of nitrogens with zero attached hydrogens (tertiary/aromatic N) is 1. The molecule has 0 bridgehead atoms. The molecule has 0 saturated heterocycles. The van der Waals surface area contributed by atoms with Crippen molar-refractivity contribution in [2.24, 2.45) is 5.41 Å². The van der Waals surface area contributed by atoms with E-state index in [2.05, 4.69) is 0 Å². The molecule has 2 saturated carbocycles. The van der Waals surface area contributed by atoms with Crippen molar-refractivity contribution >= 4 is 12.1 Å².